The van der Waals surface area contributed by atoms with Crippen LogP contribution in [0.3, 0.4) is 0 Å². The van der Waals surface area contributed by atoms with E-state index in [1.807, 2.05) is 30.3 Å². The van der Waals surface area contributed by atoms with Crippen LogP contribution < -0.4 is 10.5 Å². The number of hydrogen-bond donors (Lipinski definition) is 1. The standard InChI is InChI=1S/C17H17Cl2NO/c18-14-6-3-7-15(19)13(14)10-21-17-9-2-4-11-12(17)5-1-8-16(11)20/h2-4,6-7,9,16H,1,5,8,10,20H2. The first-order chi connectivity index (χ1) is 10.2. The van der Waals surface area contributed by atoms with Gasteiger partial charge in [-0.15, -0.1) is 0 Å². The molecule has 1 unspecified atom stereocenters. The van der Waals surface area contributed by atoms with E-state index in [9.17, 15) is 0 Å². The third-order valence-corrected chi connectivity index (χ3v) is 4.65. The fourth-order valence-electron chi connectivity index (χ4n) is 2.81. The molecule has 2 nitrogen and oxygen atoms in total. The summed E-state index contributed by atoms with van der Waals surface area (Å²) in [5.41, 5.74) is 9.41. The Labute approximate surface area is 134 Å². The Morgan fingerprint density at radius 2 is 1.81 bits per heavy atom. The molecular formula is C17H17Cl2NO. The lowest BCUT2D eigenvalue weighted by Gasteiger charge is -2.24. The molecule has 2 N–H and O–H groups in total. The first-order valence-corrected chi connectivity index (χ1v) is 7.85. The Kier molecular flexibility index (Phi) is 4.39. The van der Waals surface area contributed by atoms with Crippen molar-refractivity contribution >= 4 is 23.2 Å². The maximum absolute atomic E-state index is 6.18. The highest BCUT2D eigenvalue weighted by Crippen LogP contribution is 2.35. The summed E-state index contributed by atoms with van der Waals surface area (Å²) in [6, 6.07) is 11.7. The molecule has 2 aromatic rings. The van der Waals surface area contributed by atoms with Gasteiger partial charge in [0.15, 0.2) is 0 Å². The minimum Gasteiger partial charge on any atom is -0.489 e. The lowest BCUT2D eigenvalue weighted by atomic mass is 9.87. The molecule has 0 amide bonds. The van der Waals surface area contributed by atoms with Gasteiger partial charge in [0, 0.05) is 21.7 Å². The second-order valence-electron chi connectivity index (χ2n) is 5.31. The highest BCUT2D eigenvalue weighted by molar-refractivity contribution is 6.35. The van der Waals surface area contributed by atoms with Crippen molar-refractivity contribution in [2.24, 2.45) is 5.73 Å². The van der Waals surface area contributed by atoms with Gasteiger partial charge in [0.2, 0.25) is 0 Å². The summed E-state index contributed by atoms with van der Waals surface area (Å²) in [5, 5.41) is 1.26. The number of ether oxygens (including phenoxy) is 1. The van der Waals surface area contributed by atoms with Crippen LogP contribution in [0.2, 0.25) is 10.0 Å². The minimum atomic E-state index is 0.112. The van der Waals surface area contributed by atoms with E-state index in [1.54, 1.807) is 0 Å². The summed E-state index contributed by atoms with van der Waals surface area (Å²) in [5.74, 6) is 0.888. The smallest absolute Gasteiger partial charge is 0.123 e. The molecule has 110 valence electrons. The third kappa shape index (κ3) is 3.03. The Morgan fingerprint density at radius 1 is 1.10 bits per heavy atom. The van der Waals surface area contributed by atoms with E-state index in [0.717, 1.165) is 30.6 Å². The summed E-state index contributed by atoms with van der Waals surface area (Å²) in [6.07, 6.45) is 3.14. The fourth-order valence-corrected chi connectivity index (χ4v) is 3.31. The minimum absolute atomic E-state index is 0.112. The quantitative estimate of drug-likeness (QED) is 0.871. The number of halogens is 2. The van der Waals surface area contributed by atoms with E-state index in [2.05, 4.69) is 6.07 Å². The second-order valence-corrected chi connectivity index (χ2v) is 6.13. The monoisotopic (exact) mass is 321 g/mol. The highest BCUT2D eigenvalue weighted by Gasteiger charge is 2.20. The number of rotatable bonds is 3. The van der Waals surface area contributed by atoms with Crippen LogP contribution in [0.15, 0.2) is 36.4 Å². The molecule has 0 saturated heterocycles. The van der Waals surface area contributed by atoms with Gasteiger partial charge in [-0.3, -0.25) is 0 Å². The molecular weight excluding hydrogens is 305 g/mol. The Hall–Kier alpha value is -1.22. The van der Waals surface area contributed by atoms with E-state index < -0.39 is 0 Å². The van der Waals surface area contributed by atoms with Crippen molar-refractivity contribution in [2.75, 3.05) is 0 Å². The van der Waals surface area contributed by atoms with Crippen LogP contribution in [-0.4, -0.2) is 0 Å². The predicted molar refractivity (Wildman–Crippen MR) is 87.1 cm³/mol. The van der Waals surface area contributed by atoms with Gasteiger partial charge in [-0.05, 0) is 48.6 Å². The number of fused-ring (bicyclic) bond motifs is 1. The fraction of sp³-hybridized carbons (Fsp3) is 0.294. The number of hydrogen-bond acceptors (Lipinski definition) is 2. The molecule has 0 spiro atoms. The highest BCUT2D eigenvalue weighted by atomic mass is 35.5. The Bertz CT molecular complexity index is 637. The van der Waals surface area contributed by atoms with Gasteiger partial charge in [0.05, 0.1) is 0 Å². The van der Waals surface area contributed by atoms with Crippen LogP contribution >= 0.6 is 23.2 Å². The predicted octanol–water partition coefficient (Wildman–Crippen LogP) is 4.91. The maximum atomic E-state index is 6.18. The molecule has 0 radical (unpaired) electrons. The molecule has 1 aliphatic rings. The van der Waals surface area contributed by atoms with E-state index in [4.69, 9.17) is 33.7 Å². The van der Waals surface area contributed by atoms with Crippen molar-refractivity contribution in [1.29, 1.82) is 0 Å². The van der Waals surface area contributed by atoms with Crippen LogP contribution in [0.5, 0.6) is 5.75 Å². The van der Waals surface area contributed by atoms with Gasteiger partial charge in [0.25, 0.3) is 0 Å². The zero-order valence-electron chi connectivity index (χ0n) is 11.6. The van der Waals surface area contributed by atoms with Crippen LogP contribution in [0.4, 0.5) is 0 Å². The van der Waals surface area contributed by atoms with E-state index in [1.165, 1.54) is 11.1 Å². The molecule has 0 saturated carbocycles. The van der Waals surface area contributed by atoms with Gasteiger partial charge in [-0.25, -0.2) is 0 Å². The average Bonchev–Trinajstić information content (AvgIpc) is 2.47. The Balaban J connectivity index is 1.85. The van der Waals surface area contributed by atoms with Gasteiger partial charge in [-0.2, -0.15) is 0 Å². The summed E-state index contributed by atoms with van der Waals surface area (Å²) >= 11 is 12.4. The summed E-state index contributed by atoms with van der Waals surface area (Å²) < 4.78 is 5.98. The molecule has 0 aliphatic heterocycles. The summed E-state index contributed by atoms with van der Waals surface area (Å²) in [6.45, 7) is 0.365. The van der Waals surface area contributed by atoms with Crippen LogP contribution in [0, 0.1) is 0 Å². The average molecular weight is 322 g/mol. The summed E-state index contributed by atoms with van der Waals surface area (Å²) in [4.78, 5) is 0. The number of benzene rings is 2. The van der Waals surface area contributed by atoms with Gasteiger partial charge in [0.1, 0.15) is 12.4 Å². The van der Waals surface area contributed by atoms with Crippen LogP contribution in [-0.2, 0) is 13.0 Å². The molecule has 21 heavy (non-hydrogen) atoms. The van der Waals surface area contributed by atoms with Crippen molar-refractivity contribution in [3.63, 3.8) is 0 Å². The van der Waals surface area contributed by atoms with Crippen LogP contribution in [0.25, 0.3) is 0 Å². The lowest BCUT2D eigenvalue weighted by Crippen LogP contribution is -2.18. The van der Waals surface area contributed by atoms with E-state index in [-0.39, 0.29) is 6.04 Å². The molecule has 0 fully saturated rings. The van der Waals surface area contributed by atoms with Crippen molar-refractivity contribution < 1.29 is 4.74 Å². The second kappa shape index (κ2) is 6.27. The molecule has 0 heterocycles. The topological polar surface area (TPSA) is 35.2 Å². The molecule has 1 atom stereocenters. The van der Waals surface area contributed by atoms with Crippen LogP contribution in [0.1, 0.15) is 35.6 Å². The number of nitrogens with two attached hydrogens (primary N) is 1. The first-order valence-electron chi connectivity index (χ1n) is 7.10. The lowest BCUT2D eigenvalue weighted by molar-refractivity contribution is 0.300. The van der Waals surface area contributed by atoms with E-state index in [0.29, 0.717) is 16.7 Å². The van der Waals surface area contributed by atoms with Crippen molar-refractivity contribution in [2.45, 2.75) is 31.9 Å². The zero-order valence-corrected chi connectivity index (χ0v) is 13.1. The van der Waals surface area contributed by atoms with Crippen molar-refractivity contribution in [3.8, 4) is 5.75 Å². The summed E-state index contributed by atoms with van der Waals surface area (Å²) in [7, 11) is 0. The largest absolute Gasteiger partial charge is 0.489 e. The zero-order chi connectivity index (χ0) is 14.8. The Morgan fingerprint density at radius 3 is 2.57 bits per heavy atom. The molecule has 4 heteroatoms. The first kappa shape index (κ1) is 14.7. The van der Waals surface area contributed by atoms with Crippen molar-refractivity contribution in [3.05, 3.63) is 63.1 Å². The molecule has 3 rings (SSSR count). The van der Waals surface area contributed by atoms with Gasteiger partial charge < -0.3 is 10.5 Å². The third-order valence-electron chi connectivity index (χ3n) is 3.94. The molecule has 2 aromatic carbocycles. The SMILES string of the molecule is NC1CCCc2c(OCc3c(Cl)cccc3Cl)cccc21. The molecule has 1 aliphatic carbocycles. The normalized spacial score (nSPS) is 17.4. The van der Waals surface area contributed by atoms with Crippen molar-refractivity contribution in [1.82, 2.24) is 0 Å². The molecule has 0 aromatic heterocycles. The van der Waals surface area contributed by atoms with Gasteiger partial charge in [-0.1, -0.05) is 41.4 Å². The van der Waals surface area contributed by atoms with Gasteiger partial charge >= 0.3 is 0 Å². The maximum Gasteiger partial charge on any atom is 0.123 e. The van der Waals surface area contributed by atoms with E-state index >= 15 is 0 Å². The molecule has 0 bridgehead atoms.